The molecule has 1 saturated carbocycles. The standard InChI is InChI=1S/C99H130N10O18S/c1-20-28-68-56-81(108(59-68)92(118)84(96(6,7)8)103-86(112)61(3)106(18)94(120)126-98(12,13)14)90(116)100-78(54-66-34-40-70-30-22-24-32-72(70)51-66)83(111)58-74(63(5)110)50-64-36-42-76(43-37-64)125-49-27-26-29-69-57-82(109(60-69)93(119)85(97(9,10)11)104-87(113)62(4)107(19)95(121)127-99(15,16)17)91(117)102-79(55-67-35-41-71-31-23-25-33-73(71)52-67)88(114)101-80(89(115)105-128(122,123)77-46-47-77)53-65-38-44-75(45-39-65)124-48-21-2/h20-27,30-45,51-52,61-62,68-69,74,77-82,84-85H,1-2,28-29,46-50,53-60H2,3-19H3,(H,100,116)(H,101,114)(H,102,117)(H,103,112)(H,104,113)(H,105,115)/b27-26+/t61-,62-,68-,69-,74+,78-,79-,80-,81-,82-,84+,85+/m0/s1. The first-order valence-electron chi connectivity index (χ1n) is 44.0. The van der Waals surface area contributed by atoms with Crippen LogP contribution in [0.25, 0.3) is 21.5 Å². The second-order valence-electron chi connectivity index (χ2n) is 38.3. The summed E-state index contributed by atoms with van der Waals surface area (Å²) < 4.78 is 51.9. The monoisotopic (exact) mass is 1780 g/mol. The Hall–Kier alpha value is -11.7. The Morgan fingerprint density at radius 1 is 0.477 bits per heavy atom. The molecule has 2 saturated heterocycles. The number of hydrogen-bond acceptors (Lipinski definition) is 18. The molecule has 29 heteroatoms. The van der Waals surface area contributed by atoms with Crippen LogP contribution in [0.5, 0.6) is 11.5 Å². The van der Waals surface area contributed by atoms with Gasteiger partial charge in [-0.15, -0.1) is 6.58 Å². The van der Waals surface area contributed by atoms with Crippen molar-refractivity contribution < 1.29 is 84.9 Å². The number of sulfonamides is 1. The minimum atomic E-state index is -4.12. The molecule has 3 aliphatic rings. The molecule has 0 bridgehead atoms. The fourth-order valence-corrected chi connectivity index (χ4v) is 17.0. The van der Waals surface area contributed by atoms with Crippen molar-refractivity contribution in [1.29, 1.82) is 0 Å². The number of benzene rings is 6. The topological polar surface area (TPSA) is 361 Å². The van der Waals surface area contributed by atoms with E-state index in [2.05, 4.69) is 44.5 Å². The molecule has 10 amide bonds. The number of nitrogens with zero attached hydrogens (tertiary/aromatic N) is 4. The lowest BCUT2D eigenvalue weighted by atomic mass is 9.85. The lowest BCUT2D eigenvalue weighted by Gasteiger charge is -2.37. The number of ketones is 2. The zero-order valence-electron chi connectivity index (χ0n) is 77.1. The van der Waals surface area contributed by atoms with Crippen molar-refractivity contribution in [3.8, 4) is 11.5 Å². The lowest BCUT2D eigenvalue weighted by Crippen LogP contribution is -2.61. The Bertz CT molecular complexity index is 5180. The molecular formula is C99H130N10O18S. The molecule has 28 nitrogen and oxygen atoms in total. The maximum absolute atomic E-state index is 15.6. The van der Waals surface area contributed by atoms with Gasteiger partial charge < -0.3 is 55.3 Å². The van der Waals surface area contributed by atoms with Gasteiger partial charge in [0.1, 0.15) is 90.0 Å². The third kappa shape index (κ3) is 28.4. The van der Waals surface area contributed by atoms with Crippen LogP contribution < -0.4 is 40.8 Å². The van der Waals surface area contributed by atoms with Gasteiger partial charge in [0.15, 0.2) is 5.78 Å². The van der Waals surface area contributed by atoms with Crippen molar-refractivity contribution in [1.82, 2.24) is 50.9 Å². The molecule has 3 fully saturated rings. The highest BCUT2D eigenvalue weighted by atomic mass is 32.2. The second-order valence-corrected chi connectivity index (χ2v) is 40.3. The van der Waals surface area contributed by atoms with E-state index in [9.17, 15) is 37.2 Å². The average Bonchev–Trinajstić information content (AvgIpc) is 1.61. The van der Waals surface area contributed by atoms with Crippen molar-refractivity contribution >= 4 is 103 Å². The second kappa shape index (κ2) is 43.4. The summed E-state index contributed by atoms with van der Waals surface area (Å²) in [5.74, 6) is -6.69. The third-order valence-corrected chi connectivity index (χ3v) is 25.2. The van der Waals surface area contributed by atoms with E-state index in [-0.39, 0.29) is 83.0 Å². The number of allylic oxidation sites excluding steroid dienone is 2. The zero-order chi connectivity index (χ0) is 94.1. The molecule has 128 heavy (non-hydrogen) atoms. The third-order valence-electron chi connectivity index (χ3n) is 23.4. The number of hydrogen-bond donors (Lipinski definition) is 6. The number of ether oxygens (including phenoxy) is 4. The van der Waals surface area contributed by atoms with Crippen molar-refractivity contribution in [2.24, 2.45) is 28.6 Å². The van der Waals surface area contributed by atoms with Gasteiger partial charge in [0.05, 0.1) is 11.3 Å². The van der Waals surface area contributed by atoms with Crippen LogP contribution in [0, 0.1) is 28.6 Å². The van der Waals surface area contributed by atoms with Gasteiger partial charge in [0.2, 0.25) is 51.4 Å². The van der Waals surface area contributed by atoms with Crippen LogP contribution in [0.4, 0.5) is 9.59 Å². The molecule has 1 aliphatic carbocycles. The number of carbonyl (C=O) groups is 12. The van der Waals surface area contributed by atoms with Gasteiger partial charge in [-0.05, 0) is 204 Å². The summed E-state index contributed by atoms with van der Waals surface area (Å²) in [6.07, 6.45) is 6.92. The van der Waals surface area contributed by atoms with E-state index in [0.29, 0.717) is 53.9 Å². The summed E-state index contributed by atoms with van der Waals surface area (Å²) in [4.78, 5) is 179. The van der Waals surface area contributed by atoms with Gasteiger partial charge in [-0.2, -0.15) is 0 Å². The van der Waals surface area contributed by atoms with Crippen LogP contribution in [0.1, 0.15) is 171 Å². The first-order chi connectivity index (χ1) is 60.1. The number of amides is 10. The predicted molar refractivity (Wildman–Crippen MR) is 492 cm³/mol. The molecule has 0 spiro atoms. The van der Waals surface area contributed by atoms with Crippen molar-refractivity contribution in [3.63, 3.8) is 0 Å². The predicted octanol–water partition coefficient (Wildman–Crippen LogP) is 12.0. The normalized spacial score (nSPS) is 18.0. The lowest BCUT2D eigenvalue weighted by molar-refractivity contribution is -0.145. The van der Waals surface area contributed by atoms with Crippen molar-refractivity contribution in [2.45, 2.75) is 245 Å². The quantitative estimate of drug-likeness (QED) is 0.0195. The van der Waals surface area contributed by atoms with Crippen LogP contribution in [-0.4, -0.2) is 210 Å². The molecule has 0 radical (unpaired) electrons. The number of likely N-dealkylation sites (tertiary alicyclic amines) is 2. The van der Waals surface area contributed by atoms with Gasteiger partial charge in [-0.1, -0.05) is 182 Å². The van der Waals surface area contributed by atoms with Crippen LogP contribution in [-0.2, 0) is 93.1 Å². The molecule has 6 aromatic carbocycles. The van der Waals surface area contributed by atoms with Crippen LogP contribution in [0.2, 0.25) is 0 Å². The number of fused-ring (bicyclic) bond motifs is 2. The minimum Gasteiger partial charge on any atom is -0.490 e. The zero-order valence-corrected chi connectivity index (χ0v) is 77.9. The van der Waals surface area contributed by atoms with Crippen molar-refractivity contribution in [2.75, 3.05) is 40.4 Å². The molecule has 9 rings (SSSR count). The average molecular weight is 1780 g/mol. The number of nitrogens with one attached hydrogen (secondary N) is 6. The fourth-order valence-electron chi connectivity index (χ4n) is 15.6. The molecule has 2 heterocycles. The molecular weight excluding hydrogens is 1650 g/mol. The molecule has 12 atom stereocenters. The molecule has 0 aromatic heterocycles. The van der Waals surface area contributed by atoms with Crippen LogP contribution in [0.3, 0.4) is 0 Å². The van der Waals surface area contributed by atoms with Gasteiger partial charge in [-0.3, -0.25) is 62.5 Å². The first-order valence-corrected chi connectivity index (χ1v) is 45.5. The minimum absolute atomic E-state index is 0.00278. The summed E-state index contributed by atoms with van der Waals surface area (Å²) in [7, 11) is -1.27. The van der Waals surface area contributed by atoms with Gasteiger partial charge >= 0.3 is 12.2 Å². The maximum Gasteiger partial charge on any atom is 0.410 e. The van der Waals surface area contributed by atoms with Gasteiger partial charge in [0.25, 0.3) is 5.91 Å². The molecule has 6 aromatic rings. The van der Waals surface area contributed by atoms with Crippen LogP contribution in [0.15, 0.2) is 171 Å². The van der Waals surface area contributed by atoms with E-state index in [1.165, 1.54) is 44.7 Å². The molecule has 690 valence electrons. The van der Waals surface area contributed by atoms with Crippen molar-refractivity contribution in [3.05, 3.63) is 193 Å². The summed E-state index contributed by atoms with van der Waals surface area (Å²) in [5, 5.41) is 17.4. The Labute approximate surface area is 753 Å². The smallest absolute Gasteiger partial charge is 0.410 e. The largest absolute Gasteiger partial charge is 0.490 e. The molecule has 2 aliphatic heterocycles. The van der Waals surface area contributed by atoms with Gasteiger partial charge in [-0.25, -0.2) is 18.0 Å². The van der Waals surface area contributed by atoms with E-state index in [1.807, 2.05) is 91.0 Å². The number of likely N-dealkylation sites (N-methyl/N-ethyl adjacent to an activating group) is 2. The van der Waals surface area contributed by atoms with Gasteiger partial charge in [0, 0.05) is 52.4 Å². The SMILES string of the molecule is C=CCOc1ccc(C[C@H](NC(=O)[C@H](Cc2ccc3ccccc3c2)NC(=O)[C@@H]2C[C@H](C/C=C/COc3ccc(C[C@H](CC(=O)[C@H](Cc4ccc5ccccc5c4)NC(=O)[C@@H]4C[C@H](CC=C)CN4C(=O)[C@@H](NC(=O)[C@H](C)N(C)C(=O)OC(C)(C)C)C(C)(C)C)C(C)=O)cc3)CN2C(=O)[C@@H](NC(=O)[C@H](C)N(C)C(=O)OC(C)(C)C)C(C)(C)C)C(=O)NS(=O)(=O)C2CC2)cc1. The molecule has 6 N–H and O–H groups in total. The van der Waals surface area contributed by atoms with E-state index in [1.54, 1.807) is 150 Å². The summed E-state index contributed by atoms with van der Waals surface area (Å²) in [5.41, 5.74) is -0.992. The summed E-state index contributed by atoms with van der Waals surface area (Å²) >= 11 is 0. The maximum atomic E-state index is 15.6. The highest BCUT2D eigenvalue weighted by Gasteiger charge is 2.49. The van der Waals surface area contributed by atoms with Crippen LogP contribution >= 0.6 is 0 Å². The molecule has 0 unspecified atom stereocenters. The fraction of sp³-hybridized carbons (Fsp3) is 0.495. The van der Waals surface area contributed by atoms with E-state index in [0.717, 1.165) is 36.9 Å². The number of Topliss-reactive ketones (excluding diaryl/α,β-unsaturated/α-hetero) is 2. The Balaban J connectivity index is 0.923. The van der Waals surface area contributed by atoms with E-state index < -0.39 is 169 Å². The Morgan fingerprint density at radius 2 is 0.883 bits per heavy atom. The first kappa shape index (κ1) is 100. The highest BCUT2D eigenvalue weighted by Crippen LogP contribution is 2.35. The Kier molecular flexibility index (Phi) is 33.9. The van der Waals surface area contributed by atoms with E-state index in [4.69, 9.17) is 18.9 Å². The van der Waals surface area contributed by atoms with E-state index >= 15 is 28.8 Å². The Morgan fingerprint density at radius 3 is 1.31 bits per heavy atom. The number of rotatable bonds is 39. The highest BCUT2D eigenvalue weighted by molar-refractivity contribution is 7.91. The summed E-state index contributed by atoms with van der Waals surface area (Å²) in [6, 6.07) is 29.4. The number of carbonyl (C=O) groups excluding carboxylic acids is 12. The summed E-state index contributed by atoms with van der Waals surface area (Å²) in [6.45, 7) is 33.4.